The second-order valence-electron chi connectivity index (χ2n) is 4.05. The van der Waals surface area contributed by atoms with Crippen molar-refractivity contribution in [2.75, 3.05) is 0 Å². The SMILES string of the molecule is CC(=O)c1cnc(Cc2cccc(C(F)(F)F)c2)s1. The second kappa shape index (κ2) is 5.13. The molecule has 100 valence electrons. The lowest BCUT2D eigenvalue weighted by molar-refractivity contribution is -0.137. The van der Waals surface area contributed by atoms with Gasteiger partial charge in [-0.1, -0.05) is 18.2 Å². The van der Waals surface area contributed by atoms with Gasteiger partial charge in [0.15, 0.2) is 5.78 Å². The Morgan fingerprint density at radius 3 is 2.68 bits per heavy atom. The third-order valence-electron chi connectivity index (χ3n) is 2.51. The summed E-state index contributed by atoms with van der Waals surface area (Å²) in [5.74, 6) is -0.0900. The van der Waals surface area contributed by atoms with E-state index in [9.17, 15) is 18.0 Å². The molecule has 0 atom stereocenters. The third-order valence-corrected chi connectivity index (χ3v) is 3.61. The third kappa shape index (κ3) is 3.41. The number of Topliss-reactive ketones (excluding diaryl/α,β-unsaturated/α-hetero) is 1. The van der Waals surface area contributed by atoms with Crippen molar-refractivity contribution in [3.05, 3.63) is 51.5 Å². The number of hydrogen-bond donors (Lipinski definition) is 0. The van der Waals surface area contributed by atoms with Crippen LogP contribution in [0.4, 0.5) is 13.2 Å². The molecule has 0 saturated heterocycles. The van der Waals surface area contributed by atoms with E-state index in [0.29, 0.717) is 21.9 Å². The summed E-state index contributed by atoms with van der Waals surface area (Å²) in [6.45, 7) is 1.43. The van der Waals surface area contributed by atoms with E-state index in [1.807, 2.05) is 0 Å². The Morgan fingerprint density at radius 2 is 2.11 bits per heavy atom. The minimum atomic E-state index is -4.34. The fraction of sp³-hybridized carbons (Fsp3) is 0.231. The van der Waals surface area contributed by atoms with Gasteiger partial charge in [0, 0.05) is 19.5 Å². The van der Waals surface area contributed by atoms with Gasteiger partial charge in [-0.05, 0) is 11.6 Å². The van der Waals surface area contributed by atoms with Gasteiger partial charge in [0.2, 0.25) is 0 Å². The minimum absolute atomic E-state index is 0.0900. The highest BCUT2D eigenvalue weighted by Gasteiger charge is 2.30. The number of halogens is 3. The number of thiazole rings is 1. The first-order chi connectivity index (χ1) is 8.86. The number of aromatic nitrogens is 1. The second-order valence-corrected chi connectivity index (χ2v) is 5.16. The summed E-state index contributed by atoms with van der Waals surface area (Å²) in [5, 5.41) is 0.629. The van der Waals surface area contributed by atoms with Crippen molar-refractivity contribution in [1.29, 1.82) is 0 Å². The Labute approximate surface area is 111 Å². The van der Waals surface area contributed by atoms with E-state index in [0.717, 1.165) is 12.1 Å². The average Bonchev–Trinajstić information content (AvgIpc) is 2.77. The molecule has 0 radical (unpaired) electrons. The lowest BCUT2D eigenvalue weighted by atomic mass is 10.1. The lowest BCUT2D eigenvalue weighted by Crippen LogP contribution is -2.05. The molecule has 0 amide bonds. The zero-order valence-corrected chi connectivity index (χ0v) is 10.8. The van der Waals surface area contributed by atoms with Gasteiger partial charge in [-0.2, -0.15) is 13.2 Å². The van der Waals surface area contributed by atoms with Gasteiger partial charge in [-0.15, -0.1) is 11.3 Å². The van der Waals surface area contributed by atoms with Crippen LogP contribution in [0, 0.1) is 0 Å². The number of benzene rings is 1. The van der Waals surface area contributed by atoms with Crippen molar-refractivity contribution < 1.29 is 18.0 Å². The summed E-state index contributed by atoms with van der Waals surface area (Å²) in [6.07, 6.45) is -2.60. The zero-order chi connectivity index (χ0) is 14.0. The first-order valence-corrected chi connectivity index (χ1v) is 6.29. The Kier molecular flexibility index (Phi) is 3.71. The average molecular weight is 285 g/mol. The number of nitrogens with zero attached hydrogens (tertiary/aromatic N) is 1. The molecule has 2 rings (SSSR count). The van der Waals surface area contributed by atoms with Crippen LogP contribution < -0.4 is 0 Å². The fourth-order valence-electron chi connectivity index (χ4n) is 1.59. The number of rotatable bonds is 3. The largest absolute Gasteiger partial charge is 0.416 e. The van der Waals surface area contributed by atoms with E-state index in [1.165, 1.54) is 30.5 Å². The fourth-order valence-corrected chi connectivity index (χ4v) is 2.43. The maximum absolute atomic E-state index is 12.6. The van der Waals surface area contributed by atoms with Crippen LogP contribution >= 0.6 is 11.3 Å². The van der Waals surface area contributed by atoms with Crippen LogP contribution in [-0.2, 0) is 12.6 Å². The van der Waals surface area contributed by atoms with Crippen LogP contribution in [0.15, 0.2) is 30.5 Å². The molecule has 0 saturated carbocycles. The highest BCUT2D eigenvalue weighted by atomic mass is 32.1. The molecule has 2 nitrogen and oxygen atoms in total. The van der Waals surface area contributed by atoms with Crippen molar-refractivity contribution >= 4 is 17.1 Å². The van der Waals surface area contributed by atoms with Gasteiger partial charge in [0.05, 0.1) is 15.4 Å². The molecule has 0 fully saturated rings. The number of alkyl halides is 3. The molecular formula is C13H10F3NOS. The molecule has 1 aromatic carbocycles. The molecule has 0 bridgehead atoms. The highest BCUT2D eigenvalue weighted by molar-refractivity contribution is 7.13. The predicted molar refractivity (Wildman–Crippen MR) is 66.4 cm³/mol. The molecule has 19 heavy (non-hydrogen) atoms. The molecular weight excluding hydrogens is 275 g/mol. The van der Waals surface area contributed by atoms with Gasteiger partial charge >= 0.3 is 6.18 Å². The first kappa shape index (κ1) is 13.7. The monoisotopic (exact) mass is 285 g/mol. The quantitative estimate of drug-likeness (QED) is 0.799. The molecule has 6 heteroatoms. The molecule has 2 aromatic rings. The molecule has 0 aliphatic rings. The maximum Gasteiger partial charge on any atom is 0.416 e. The van der Waals surface area contributed by atoms with Crippen LogP contribution in [0.2, 0.25) is 0 Å². The molecule has 0 unspecified atom stereocenters. The smallest absolute Gasteiger partial charge is 0.294 e. The maximum atomic E-state index is 12.6. The molecule has 0 aliphatic carbocycles. The van der Waals surface area contributed by atoms with Crippen LogP contribution in [0.25, 0.3) is 0 Å². The Bertz CT molecular complexity index is 604. The van der Waals surface area contributed by atoms with E-state index < -0.39 is 11.7 Å². The normalized spacial score (nSPS) is 11.6. The van der Waals surface area contributed by atoms with Crippen molar-refractivity contribution in [3.8, 4) is 0 Å². The number of carbonyl (C=O) groups is 1. The summed E-state index contributed by atoms with van der Waals surface area (Å²) < 4.78 is 37.7. The Balaban J connectivity index is 2.21. The first-order valence-electron chi connectivity index (χ1n) is 5.48. The minimum Gasteiger partial charge on any atom is -0.294 e. The Hall–Kier alpha value is -1.69. The van der Waals surface area contributed by atoms with Crippen molar-refractivity contribution in [2.45, 2.75) is 19.5 Å². The van der Waals surface area contributed by atoms with Crippen LogP contribution in [0.5, 0.6) is 0 Å². The van der Waals surface area contributed by atoms with E-state index in [-0.39, 0.29) is 5.78 Å². The van der Waals surface area contributed by atoms with E-state index in [4.69, 9.17) is 0 Å². The van der Waals surface area contributed by atoms with E-state index >= 15 is 0 Å². The highest BCUT2D eigenvalue weighted by Crippen LogP contribution is 2.30. The summed E-state index contributed by atoms with van der Waals surface area (Å²) in [4.78, 5) is 15.7. The summed E-state index contributed by atoms with van der Waals surface area (Å²) in [7, 11) is 0. The molecule has 0 N–H and O–H groups in total. The summed E-state index contributed by atoms with van der Waals surface area (Å²) >= 11 is 1.21. The topological polar surface area (TPSA) is 30.0 Å². The van der Waals surface area contributed by atoms with Gasteiger partial charge < -0.3 is 0 Å². The van der Waals surface area contributed by atoms with Crippen LogP contribution in [-0.4, -0.2) is 10.8 Å². The predicted octanol–water partition coefficient (Wildman–Crippen LogP) is 3.96. The van der Waals surface area contributed by atoms with Crippen molar-refractivity contribution in [2.24, 2.45) is 0 Å². The number of ketones is 1. The van der Waals surface area contributed by atoms with Crippen LogP contribution in [0.3, 0.4) is 0 Å². The zero-order valence-electron chi connectivity index (χ0n) is 9.99. The number of carbonyl (C=O) groups excluding carboxylic acids is 1. The van der Waals surface area contributed by atoms with Gasteiger partial charge in [-0.25, -0.2) is 4.98 Å². The Morgan fingerprint density at radius 1 is 1.37 bits per heavy atom. The summed E-state index contributed by atoms with van der Waals surface area (Å²) in [6, 6.07) is 5.13. The van der Waals surface area contributed by atoms with Crippen LogP contribution in [0.1, 0.15) is 32.7 Å². The lowest BCUT2D eigenvalue weighted by Gasteiger charge is -2.07. The van der Waals surface area contributed by atoms with Gasteiger partial charge in [0.1, 0.15) is 0 Å². The van der Waals surface area contributed by atoms with E-state index in [2.05, 4.69) is 4.98 Å². The van der Waals surface area contributed by atoms with E-state index in [1.54, 1.807) is 6.07 Å². The number of hydrogen-bond acceptors (Lipinski definition) is 3. The molecule has 1 heterocycles. The molecule has 0 aliphatic heterocycles. The summed E-state index contributed by atoms with van der Waals surface area (Å²) in [5.41, 5.74) is -0.146. The van der Waals surface area contributed by atoms with Gasteiger partial charge in [-0.3, -0.25) is 4.79 Å². The molecule has 0 spiro atoms. The van der Waals surface area contributed by atoms with Crippen molar-refractivity contribution in [1.82, 2.24) is 4.98 Å². The molecule has 1 aromatic heterocycles. The van der Waals surface area contributed by atoms with Crippen molar-refractivity contribution in [3.63, 3.8) is 0 Å². The standard InChI is InChI=1S/C13H10F3NOS/c1-8(18)11-7-17-12(19-11)6-9-3-2-4-10(5-9)13(14,15)16/h2-5,7H,6H2,1H3. The van der Waals surface area contributed by atoms with Gasteiger partial charge in [0.25, 0.3) is 0 Å².